The molecule has 0 amide bonds. The molecule has 0 radical (unpaired) electrons. The van der Waals surface area contributed by atoms with Crippen molar-refractivity contribution in [2.75, 3.05) is 6.61 Å². The Morgan fingerprint density at radius 1 is 1.12 bits per heavy atom. The van der Waals surface area contributed by atoms with Crippen molar-refractivity contribution in [2.24, 2.45) is 34.3 Å². The van der Waals surface area contributed by atoms with Crippen LogP contribution in [0.5, 0.6) is 0 Å². The van der Waals surface area contributed by atoms with Crippen LogP contribution in [-0.2, 0) is 4.84 Å². The first-order valence-electron chi connectivity index (χ1n) is 9.73. The maximum atomic E-state index is 10.5. The van der Waals surface area contributed by atoms with Crippen molar-refractivity contribution in [1.29, 1.82) is 0 Å². The summed E-state index contributed by atoms with van der Waals surface area (Å²) in [7, 11) is 0. The second-order valence-corrected chi connectivity index (χ2v) is 9.92. The average Bonchev–Trinajstić information content (AvgIpc) is 2.41. The van der Waals surface area contributed by atoms with E-state index in [1.807, 2.05) is 0 Å². The molecule has 5 nitrogen and oxygen atoms in total. The van der Waals surface area contributed by atoms with E-state index in [0.717, 1.165) is 24.7 Å². The molecule has 0 aromatic heterocycles. The fourth-order valence-corrected chi connectivity index (χ4v) is 7.25. The van der Waals surface area contributed by atoms with Gasteiger partial charge >= 0.3 is 0 Å². The molecule has 2 N–H and O–H groups in total. The number of hydrogen-bond acceptors (Lipinski definition) is 4. The van der Waals surface area contributed by atoms with Gasteiger partial charge in [0.2, 0.25) is 0 Å². The Morgan fingerprint density at radius 2 is 1.71 bits per heavy atom. The maximum Gasteiger partial charge on any atom is 0.294 e. The maximum absolute atomic E-state index is 10.5. The van der Waals surface area contributed by atoms with Gasteiger partial charge in [0.15, 0.2) is 0 Å². The van der Waals surface area contributed by atoms with Gasteiger partial charge in [0.1, 0.15) is 0 Å². The second kappa shape index (κ2) is 6.15. The first kappa shape index (κ1) is 18.0. The molecule has 4 rings (SSSR count). The Morgan fingerprint density at radius 3 is 2.21 bits per heavy atom. The summed E-state index contributed by atoms with van der Waals surface area (Å²) < 4.78 is 0. The highest BCUT2D eigenvalue weighted by Gasteiger charge is 2.61. The topological polar surface area (TPSA) is 78.4 Å². The Labute approximate surface area is 145 Å². The summed E-state index contributed by atoms with van der Waals surface area (Å²) in [6.07, 6.45) is 11.0. The molecule has 0 saturated heterocycles. The molecule has 0 spiro atoms. The van der Waals surface area contributed by atoms with Crippen molar-refractivity contribution < 1.29 is 9.92 Å². The van der Waals surface area contributed by atoms with Gasteiger partial charge in [-0.15, -0.1) is 10.1 Å². The van der Waals surface area contributed by atoms with Crippen molar-refractivity contribution in [1.82, 2.24) is 0 Å². The average molecular weight is 338 g/mol. The van der Waals surface area contributed by atoms with Crippen LogP contribution in [0, 0.1) is 38.7 Å². The lowest BCUT2D eigenvalue weighted by Gasteiger charge is -2.67. The monoisotopic (exact) mass is 338 g/mol. The molecule has 0 aliphatic heterocycles. The van der Waals surface area contributed by atoms with Crippen LogP contribution in [0.1, 0.15) is 78.6 Å². The van der Waals surface area contributed by atoms with Crippen LogP contribution in [0.4, 0.5) is 0 Å². The molecule has 5 heteroatoms. The number of rotatable bonds is 8. The normalized spacial score (nSPS) is 42.8. The van der Waals surface area contributed by atoms with Gasteiger partial charge in [0, 0.05) is 5.54 Å². The second-order valence-electron chi connectivity index (χ2n) is 9.92. The smallest absolute Gasteiger partial charge is 0.294 e. The lowest BCUT2D eigenvalue weighted by molar-refractivity contribution is -0.759. The number of nitrogens with two attached hydrogens (primary N) is 1. The van der Waals surface area contributed by atoms with Gasteiger partial charge in [-0.1, -0.05) is 27.2 Å². The molecule has 0 aromatic carbocycles. The predicted octanol–water partition coefficient (Wildman–Crippen LogP) is 4.33. The first-order valence-corrected chi connectivity index (χ1v) is 9.73. The summed E-state index contributed by atoms with van der Waals surface area (Å²) in [4.78, 5) is 15.1. The zero-order chi connectivity index (χ0) is 17.6. The largest absolute Gasteiger partial charge is 0.325 e. The Hall–Kier alpha value is -0.840. The Kier molecular flexibility index (Phi) is 4.61. The van der Waals surface area contributed by atoms with Crippen LogP contribution in [-0.4, -0.2) is 17.2 Å². The third-order valence-electron chi connectivity index (χ3n) is 7.07. The Balaban J connectivity index is 1.75. The molecule has 138 valence electrons. The molecule has 6 atom stereocenters. The van der Waals surface area contributed by atoms with E-state index < -0.39 is 5.09 Å². The van der Waals surface area contributed by atoms with Crippen molar-refractivity contribution in [3.05, 3.63) is 10.1 Å². The van der Waals surface area contributed by atoms with Crippen molar-refractivity contribution >= 4 is 0 Å². The summed E-state index contributed by atoms with van der Waals surface area (Å²) in [6, 6.07) is 0. The number of nitrogens with zero attached hydrogens (tertiary/aromatic N) is 1. The molecule has 4 aliphatic rings. The predicted molar refractivity (Wildman–Crippen MR) is 93.8 cm³/mol. The van der Waals surface area contributed by atoms with Gasteiger partial charge in [-0.2, -0.15) is 0 Å². The zero-order valence-corrected chi connectivity index (χ0v) is 15.6. The zero-order valence-electron chi connectivity index (χ0n) is 15.6. The first-order chi connectivity index (χ1) is 11.2. The van der Waals surface area contributed by atoms with E-state index in [4.69, 9.17) is 5.73 Å². The highest BCUT2D eigenvalue weighted by atomic mass is 16.9. The molecule has 0 aromatic rings. The molecule has 24 heavy (non-hydrogen) atoms. The van der Waals surface area contributed by atoms with Crippen LogP contribution in [0.3, 0.4) is 0 Å². The summed E-state index contributed by atoms with van der Waals surface area (Å²) >= 11 is 0. The van der Waals surface area contributed by atoms with Crippen LogP contribution in [0.25, 0.3) is 0 Å². The molecule has 4 saturated carbocycles. The van der Waals surface area contributed by atoms with Gasteiger partial charge in [-0.05, 0) is 80.0 Å². The van der Waals surface area contributed by atoms with Gasteiger partial charge in [-0.25, -0.2) is 0 Å². The summed E-state index contributed by atoms with van der Waals surface area (Å²) in [5, 5.41) is 9.83. The van der Waals surface area contributed by atoms with E-state index in [0.29, 0.717) is 10.8 Å². The van der Waals surface area contributed by atoms with Crippen molar-refractivity contribution in [2.45, 2.75) is 84.1 Å². The van der Waals surface area contributed by atoms with E-state index in [1.165, 1.54) is 44.9 Å². The van der Waals surface area contributed by atoms with E-state index in [-0.39, 0.29) is 18.1 Å². The minimum atomic E-state index is -0.662. The highest BCUT2D eigenvalue weighted by molar-refractivity contribution is 5.15. The molecular formula is C19H34N2O3. The molecule has 4 aliphatic carbocycles. The SMILES string of the molecule is CCC(C)CC12CC3CC(N)(C1)CC(CC(C)CO[N+](=O)[O-])(C3)C2. The summed E-state index contributed by atoms with van der Waals surface area (Å²) in [5.74, 6) is 1.74. The van der Waals surface area contributed by atoms with Crippen LogP contribution in [0.15, 0.2) is 0 Å². The van der Waals surface area contributed by atoms with E-state index in [9.17, 15) is 10.1 Å². The fourth-order valence-electron chi connectivity index (χ4n) is 7.25. The van der Waals surface area contributed by atoms with Gasteiger partial charge < -0.3 is 10.6 Å². The van der Waals surface area contributed by atoms with E-state index in [2.05, 4.69) is 25.6 Å². The third kappa shape index (κ3) is 3.56. The van der Waals surface area contributed by atoms with Crippen molar-refractivity contribution in [3.8, 4) is 0 Å². The Bertz CT molecular complexity index is 499. The van der Waals surface area contributed by atoms with E-state index >= 15 is 0 Å². The fraction of sp³-hybridized carbons (Fsp3) is 1.00. The molecule has 6 unspecified atom stereocenters. The van der Waals surface area contributed by atoms with Gasteiger partial charge in [-0.3, -0.25) is 0 Å². The molecule has 4 bridgehead atoms. The van der Waals surface area contributed by atoms with E-state index in [1.54, 1.807) is 0 Å². The highest BCUT2D eigenvalue weighted by Crippen LogP contribution is 2.69. The minimum Gasteiger partial charge on any atom is -0.325 e. The van der Waals surface area contributed by atoms with Gasteiger partial charge in [0.05, 0.1) is 6.61 Å². The lowest BCUT2D eigenvalue weighted by Crippen LogP contribution is -2.64. The van der Waals surface area contributed by atoms with Crippen LogP contribution in [0.2, 0.25) is 0 Å². The van der Waals surface area contributed by atoms with Crippen LogP contribution < -0.4 is 5.73 Å². The minimum absolute atomic E-state index is 0.0105. The molecule has 0 heterocycles. The van der Waals surface area contributed by atoms with Crippen molar-refractivity contribution in [3.63, 3.8) is 0 Å². The van der Waals surface area contributed by atoms with Gasteiger partial charge in [0.25, 0.3) is 5.09 Å². The molecular weight excluding hydrogens is 304 g/mol. The standard InChI is InChI=1S/C19H34N2O3/c1-4-14(2)5-17-7-16-8-18(11-17,13-19(20,9-16)12-17)6-15(3)10-24-21(22)23/h14-16H,4-13,20H2,1-3H3. The quantitative estimate of drug-likeness (QED) is 0.528. The summed E-state index contributed by atoms with van der Waals surface area (Å²) in [6.45, 7) is 6.97. The third-order valence-corrected chi connectivity index (χ3v) is 7.07. The lowest BCUT2D eigenvalue weighted by atomic mass is 9.40. The number of hydrogen-bond donors (Lipinski definition) is 1. The molecule has 4 fully saturated rings. The van der Waals surface area contributed by atoms with Crippen LogP contribution >= 0.6 is 0 Å². The summed E-state index contributed by atoms with van der Waals surface area (Å²) in [5.41, 5.74) is 7.59.